The number of aryl methyl sites for hydroxylation is 2. The van der Waals surface area contributed by atoms with Crippen LogP contribution in [0.3, 0.4) is 0 Å². The van der Waals surface area contributed by atoms with Gasteiger partial charge in [-0.1, -0.05) is 10.3 Å². The summed E-state index contributed by atoms with van der Waals surface area (Å²) in [7, 11) is 0. The first kappa shape index (κ1) is 16.4. The van der Waals surface area contributed by atoms with E-state index in [2.05, 4.69) is 20.3 Å². The Morgan fingerprint density at radius 3 is 3.04 bits per heavy atom. The third-order valence-electron chi connectivity index (χ3n) is 4.49. The molecule has 1 aliphatic rings. The minimum Gasteiger partial charge on any atom is -0.359 e. The van der Waals surface area contributed by atoms with Crippen molar-refractivity contribution >= 4 is 5.91 Å². The summed E-state index contributed by atoms with van der Waals surface area (Å²) in [5.74, 6) is 1.74. The largest absolute Gasteiger partial charge is 0.359 e. The van der Waals surface area contributed by atoms with Crippen LogP contribution in [-0.4, -0.2) is 37.6 Å². The van der Waals surface area contributed by atoms with Crippen molar-refractivity contribution in [2.45, 2.75) is 38.6 Å². The lowest BCUT2D eigenvalue weighted by molar-refractivity contribution is -0.132. The van der Waals surface area contributed by atoms with E-state index in [4.69, 9.17) is 9.05 Å². The van der Waals surface area contributed by atoms with Gasteiger partial charge in [-0.3, -0.25) is 9.78 Å². The Morgan fingerprint density at radius 1 is 1.35 bits per heavy atom. The van der Waals surface area contributed by atoms with Gasteiger partial charge in [-0.2, -0.15) is 4.98 Å². The van der Waals surface area contributed by atoms with Crippen molar-refractivity contribution in [1.29, 1.82) is 0 Å². The Balaban J connectivity index is 1.39. The van der Waals surface area contributed by atoms with Crippen molar-refractivity contribution in [2.75, 3.05) is 6.54 Å². The van der Waals surface area contributed by atoms with Crippen molar-refractivity contribution in [3.63, 3.8) is 0 Å². The van der Waals surface area contributed by atoms with Crippen molar-refractivity contribution < 1.29 is 13.8 Å². The molecule has 0 bridgehead atoms. The zero-order valence-electron chi connectivity index (χ0n) is 14.5. The molecule has 0 saturated carbocycles. The Kier molecular flexibility index (Phi) is 4.47. The highest BCUT2D eigenvalue weighted by atomic mass is 16.5. The zero-order valence-corrected chi connectivity index (χ0v) is 14.5. The summed E-state index contributed by atoms with van der Waals surface area (Å²) in [6.45, 7) is 2.61. The van der Waals surface area contributed by atoms with Gasteiger partial charge in [0, 0.05) is 43.4 Å². The van der Waals surface area contributed by atoms with Crippen molar-refractivity contribution in [3.8, 4) is 11.4 Å². The molecule has 4 heterocycles. The van der Waals surface area contributed by atoms with Gasteiger partial charge in [0.25, 0.3) is 0 Å². The quantitative estimate of drug-likeness (QED) is 0.695. The van der Waals surface area contributed by atoms with Crippen LogP contribution in [0.25, 0.3) is 11.4 Å². The monoisotopic (exact) mass is 353 g/mol. The summed E-state index contributed by atoms with van der Waals surface area (Å²) in [5, 5.41) is 7.88. The van der Waals surface area contributed by atoms with Gasteiger partial charge in [0.1, 0.15) is 0 Å². The third-order valence-corrected chi connectivity index (χ3v) is 4.49. The van der Waals surface area contributed by atoms with E-state index in [0.717, 1.165) is 36.4 Å². The molecular weight excluding hydrogens is 334 g/mol. The highest BCUT2D eigenvalue weighted by molar-refractivity contribution is 5.77. The minimum absolute atomic E-state index is 0.0302. The standard InChI is InChI=1S/C18H19N5O3/c1-12-10-15(25-21-12)14-5-3-9-23(14)17(24)7-6-16-20-18(22-26-16)13-4-2-8-19-11-13/h2,4,8,10-11,14H,3,5-7,9H2,1H3/t14-/m0/s1. The molecule has 1 saturated heterocycles. The molecule has 0 radical (unpaired) electrons. The molecule has 8 heteroatoms. The molecule has 3 aromatic heterocycles. The summed E-state index contributed by atoms with van der Waals surface area (Å²) in [5.41, 5.74) is 1.61. The van der Waals surface area contributed by atoms with Crippen molar-refractivity contribution in [3.05, 3.63) is 47.9 Å². The molecule has 0 aromatic carbocycles. The van der Waals surface area contributed by atoms with Crippen LogP contribution >= 0.6 is 0 Å². The summed E-state index contributed by atoms with van der Waals surface area (Å²) < 4.78 is 10.6. The first-order valence-electron chi connectivity index (χ1n) is 8.66. The van der Waals surface area contributed by atoms with Gasteiger partial charge in [0.15, 0.2) is 5.76 Å². The maximum absolute atomic E-state index is 12.6. The first-order chi connectivity index (χ1) is 12.7. The van der Waals surface area contributed by atoms with Crippen LogP contribution in [-0.2, 0) is 11.2 Å². The van der Waals surface area contributed by atoms with E-state index in [1.807, 2.05) is 30.0 Å². The first-order valence-corrected chi connectivity index (χ1v) is 8.66. The van der Waals surface area contributed by atoms with Crippen molar-refractivity contribution in [2.24, 2.45) is 0 Å². The van der Waals surface area contributed by atoms with Crippen LogP contribution in [0.5, 0.6) is 0 Å². The molecule has 1 fully saturated rings. The average Bonchev–Trinajstić information content (AvgIpc) is 3.40. The fourth-order valence-electron chi connectivity index (χ4n) is 3.23. The number of pyridine rings is 1. The highest BCUT2D eigenvalue weighted by Gasteiger charge is 2.32. The molecule has 0 unspecified atom stereocenters. The number of rotatable bonds is 5. The van der Waals surface area contributed by atoms with Crippen LogP contribution in [0.1, 0.15) is 42.6 Å². The number of likely N-dealkylation sites (tertiary alicyclic amines) is 1. The van der Waals surface area contributed by atoms with Crippen molar-refractivity contribution in [1.82, 2.24) is 25.2 Å². The van der Waals surface area contributed by atoms with Crippen LogP contribution in [0.4, 0.5) is 0 Å². The molecule has 1 amide bonds. The highest BCUT2D eigenvalue weighted by Crippen LogP contribution is 2.32. The molecule has 1 atom stereocenters. The second kappa shape index (κ2) is 7.07. The molecule has 0 spiro atoms. The van der Waals surface area contributed by atoms with E-state index >= 15 is 0 Å². The van der Waals surface area contributed by atoms with Gasteiger partial charge in [-0.25, -0.2) is 0 Å². The van der Waals surface area contributed by atoms with E-state index in [1.54, 1.807) is 12.4 Å². The van der Waals surface area contributed by atoms with Crippen LogP contribution in [0.2, 0.25) is 0 Å². The number of nitrogens with zero attached hydrogens (tertiary/aromatic N) is 5. The number of carbonyl (C=O) groups is 1. The molecule has 0 N–H and O–H groups in total. The minimum atomic E-state index is -0.0302. The number of aromatic nitrogens is 4. The Morgan fingerprint density at radius 2 is 2.27 bits per heavy atom. The molecule has 134 valence electrons. The van der Waals surface area contributed by atoms with E-state index < -0.39 is 0 Å². The van der Waals surface area contributed by atoms with E-state index in [9.17, 15) is 4.79 Å². The van der Waals surface area contributed by atoms with Gasteiger partial charge in [-0.15, -0.1) is 0 Å². The van der Waals surface area contributed by atoms with Gasteiger partial charge >= 0.3 is 0 Å². The second-order valence-electron chi connectivity index (χ2n) is 6.37. The van der Waals surface area contributed by atoms with Gasteiger partial charge in [-0.05, 0) is 31.9 Å². The molecule has 3 aromatic rings. The topological polar surface area (TPSA) is 98.2 Å². The zero-order chi connectivity index (χ0) is 17.9. The number of hydrogen-bond donors (Lipinski definition) is 0. The Labute approximate surface area is 150 Å². The van der Waals surface area contributed by atoms with Crippen LogP contribution in [0.15, 0.2) is 39.6 Å². The maximum Gasteiger partial charge on any atom is 0.227 e. The predicted molar refractivity (Wildman–Crippen MR) is 90.8 cm³/mol. The number of hydrogen-bond acceptors (Lipinski definition) is 7. The summed E-state index contributed by atoms with van der Waals surface area (Å²) in [4.78, 5) is 22.9. The molecular formula is C18H19N5O3. The van der Waals surface area contributed by atoms with Gasteiger partial charge in [0.2, 0.25) is 17.6 Å². The fraction of sp³-hybridized carbons (Fsp3) is 0.389. The molecule has 0 aliphatic carbocycles. The lowest BCUT2D eigenvalue weighted by Crippen LogP contribution is -2.30. The smallest absolute Gasteiger partial charge is 0.227 e. The van der Waals surface area contributed by atoms with Crippen LogP contribution in [0, 0.1) is 6.92 Å². The Bertz CT molecular complexity index is 889. The fourth-order valence-corrected chi connectivity index (χ4v) is 3.23. The molecule has 26 heavy (non-hydrogen) atoms. The van der Waals surface area contributed by atoms with Gasteiger partial charge < -0.3 is 13.9 Å². The second-order valence-corrected chi connectivity index (χ2v) is 6.37. The molecule has 8 nitrogen and oxygen atoms in total. The summed E-state index contributed by atoms with van der Waals surface area (Å²) in [6.07, 6.45) is 5.94. The van der Waals surface area contributed by atoms with E-state index in [1.165, 1.54) is 0 Å². The predicted octanol–water partition coefficient (Wildman–Crippen LogP) is 2.72. The molecule has 1 aliphatic heterocycles. The van der Waals surface area contributed by atoms with Crippen LogP contribution < -0.4 is 0 Å². The van der Waals surface area contributed by atoms with E-state index in [0.29, 0.717) is 24.6 Å². The van der Waals surface area contributed by atoms with E-state index in [-0.39, 0.29) is 11.9 Å². The number of amides is 1. The lowest BCUT2D eigenvalue weighted by atomic mass is 10.1. The maximum atomic E-state index is 12.6. The van der Waals surface area contributed by atoms with Gasteiger partial charge in [0.05, 0.1) is 11.7 Å². The Hall–Kier alpha value is -3.03. The number of carbonyl (C=O) groups excluding carboxylic acids is 1. The lowest BCUT2D eigenvalue weighted by Gasteiger charge is -2.22. The SMILES string of the molecule is Cc1cc([C@@H]2CCCN2C(=O)CCc2nc(-c3cccnc3)no2)on1. The normalized spacial score (nSPS) is 17.0. The third kappa shape index (κ3) is 3.35. The summed E-state index contributed by atoms with van der Waals surface area (Å²) in [6, 6.07) is 5.54. The molecule has 4 rings (SSSR count). The summed E-state index contributed by atoms with van der Waals surface area (Å²) >= 11 is 0. The average molecular weight is 353 g/mol.